The molecule has 0 aliphatic rings. The summed E-state index contributed by atoms with van der Waals surface area (Å²) in [5.74, 6) is 1.01. The third-order valence-electron chi connectivity index (χ3n) is 3.53. The maximum atomic E-state index is 6.29. The average Bonchev–Trinajstić information content (AvgIpc) is 2.86. The van der Waals surface area contributed by atoms with Crippen molar-refractivity contribution in [2.75, 3.05) is 0 Å². The molecule has 102 valence electrons. The third kappa shape index (κ3) is 3.44. The summed E-state index contributed by atoms with van der Waals surface area (Å²) in [6.45, 7) is 5.31. The van der Waals surface area contributed by atoms with Gasteiger partial charge in [-0.3, -0.25) is 0 Å². The Morgan fingerprint density at radius 3 is 2.84 bits per heavy atom. The summed E-state index contributed by atoms with van der Waals surface area (Å²) in [7, 11) is 0. The molecular formula is C16H23N3. The lowest BCUT2D eigenvalue weighted by molar-refractivity contribution is 0.549. The van der Waals surface area contributed by atoms with E-state index in [1.165, 1.54) is 11.1 Å². The largest absolute Gasteiger partial charge is 0.334 e. The minimum absolute atomic E-state index is 0.0150. The standard InChI is InChI=1S/C16H23N3/c1-3-11-19-12-10-18-16(19)15(17)9-8-14-7-5-4-6-13(14)2/h4-7,10,12,15H,3,8-9,11,17H2,1-2H3. The molecule has 1 aromatic carbocycles. The lowest BCUT2D eigenvalue weighted by Gasteiger charge is -2.14. The molecule has 0 saturated carbocycles. The van der Waals surface area contributed by atoms with Crippen molar-refractivity contribution in [3.63, 3.8) is 0 Å². The van der Waals surface area contributed by atoms with E-state index in [-0.39, 0.29) is 6.04 Å². The van der Waals surface area contributed by atoms with Gasteiger partial charge in [-0.15, -0.1) is 0 Å². The Morgan fingerprint density at radius 2 is 2.11 bits per heavy atom. The molecular weight excluding hydrogens is 234 g/mol. The number of aromatic nitrogens is 2. The zero-order chi connectivity index (χ0) is 13.7. The van der Waals surface area contributed by atoms with Crippen molar-refractivity contribution in [1.82, 2.24) is 9.55 Å². The van der Waals surface area contributed by atoms with Crippen LogP contribution in [0.15, 0.2) is 36.7 Å². The van der Waals surface area contributed by atoms with E-state index in [9.17, 15) is 0 Å². The summed E-state index contributed by atoms with van der Waals surface area (Å²) < 4.78 is 2.17. The molecule has 0 aliphatic carbocycles. The minimum atomic E-state index is 0.0150. The van der Waals surface area contributed by atoms with Gasteiger partial charge in [0.1, 0.15) is 5.82 Å². The highest BCUT2D eigenvalue weighted by Gasteiger charge is 2.12. The zero-order valence-corrected chi connectivity index (χ0v) is 11.8. The SMILES string of the molecule is CCCn1ccnc1C(N)CCc1ccccc1C. The Bertz CT molecular complexity index is 516. The maximum absolute atomic E-state index is 6.29. The van der Waals surface area contributed by atoms with E-state index >= 15 is 0 Å². The topological polar surface area (TPSA) is 43.8 Å². The molecule has 2 N–H and O–H groups in total. The maximum Gasteiger partial charge on any atom is 0.125 e. The summed E-state index contributed by atoms with van der Waals surface area (Å²) in [6.07, 6.45) is 6.91. The van der Waals surface area contributed by atoms with E-state index < -0.39 is 0 Å². The quantitative estimate of drug-likeness (QED) is 0.863. The molecule has 1 atom stereocenters. The van der Waals surface area contributed by atoms with Gasteiger partial charge in [0.25, 0.3) is 0 Å². The van der Waals surface area contributed by atoms with E-state index in [1.54, 1.807) is 0 Å². The van der Waals surface area contributed by atoms with Gasteiger partial charge in [0.15, 0.2) is 0 Å². The van der Waals surface area contributed by atoms with Crippen molar-refractivity contribution < 1.29 is 0 Å². The second-order valence-corrected chi connectivity index (χ2v) is 5.05. The Balaban J connectivity index is 1.99. The Kier molecular flexibility index (Phi) is 4.74. The normalized spacial score (nSPS) is 12.6. The van der Waals surface area contributed by atoms with E-state index in [4.69, 9.17) is 5.73 Å². The molecule has 1 unspecified atom stereocenters. The van der Waals surface area contributed by atoms with Crippen molar-refractivity contribution in [2.45, 2.75) is 45.7 Å². The molecule has 0 spiro atoms. The van der Waals surface area contributed by atoms with Crippen molar-refractivity contribution in [2.24, 2.45) is 5.73 Å². The fraction of sp³-hybridized carbons (Fsp3) is 0.438. The van der Waals surface area contributed by atoms with E-state index in [0.29, 0.717) is 0 Å². The number of aryl methyl sites for hydroxylation is 3. The highest BCUT2D eigenvalue weighted by molar-refractivity contribution is 5.25. The molecule has 0 fully saturated rings. The van der Waals surface area contributed by atoms with Crippen molar-refractivity contribution in [3.05, 3.63) is 53.6 Å². The monoisotopic (exact) mass is 257 g/mol. The number of benzene rings is 1. The molecule has 0 saturated heterocycles. The van der Waals surface area contributed by atoms with E-state index in [2.05, 4.69) is 47.7 Å². The number of nitrogens with zero attached hydrogens (tertiary/aromatic N) is 2. The number of hydrogen-bond donors (Lipinski definition) is 1. The smallest absolute Gasteiger partial charge is 0.125 e. The number of hydrogen-bond acceptors (Lipinski definition) is 2. The van der Waals surface area contributed by atoms with Crippen LogP contribution in [0.25, 0.3) is 0 Å². The first-order valence-electron chi connectivity index (χ1n) is 7.03. The Morgan fingerprint density at radius 1 is 1.32 bits per heavy atom. The average molecular weight is 257 g/mol. The van der Waals surface area contributed by atoms with Crippen LogP contribution in [0.4, 0.5) is 0 Å². The summed E-state index contributed by atoms with van der Waals surface area (Å²) in [4.78, 5) is 4.41. The highest BCUT2D eigenvalue weighted by Crippen LogP contribution is 2.17. The van der Waals surface area contributed by atoms with Gasteiger partial charge in [0, 0.05) is 18.9 Å². The summed E-state index contributed by atoms with van der Waals surface area (Å²) in [6, 6.07) is 8.51. The molecule has 0 bridgehead atoms. The number of nitrogens with two attached hydrogens (primary N) is 1. The van der Waals surface area contributed by atoms with Gasteiger partial charge in [0.2, 0.25) is 0 Å². The van der Waals surface area contributed by atoms with Gasteiger partial charge in [-0.1, -0.05) is 31.2 Å². The second kappa shape index (κ2) is 6.53. The van der Waals surface area contributed by atoms with Crippen LogP contribution >= 0.6 is 0 Å². The van der Waals surface area contributed by atoms with Gasteiger partial charge in [-0.05, 0) is 37.3 Å². The lowest BCUT2D eigenvalue weighted by atomic mass is 10.0. The number of rotatable bonds is 6. The molecule has 1 heterocycles. The fourth-order valence-electron chi connectivity index (χ4n) is 2.41. The van der Waals surface area contributed by atoms with Crippen LogP contribution in [0.2, 0.25) is 0 Å². The van der Waals surface area contributed by atoms with Gasteiger partial charge < -0.3 is 10.3 Å². The van der Waals surface area contributed by atoms with Crippen molar-refractivity contribution in [1.29, 1.82) is 0 Å². The van der Waals surface area contributed by atoms with Gasteiger partial charge in [-0.25, -0.2) is 4.98 Å². The van der Waals surface area contributed by atoms with Crippen LogP contribution in [-0.2, 0) is 13.0 Å². The van der Waals surface area contributed by atoms with Gasteiger partial charge in [-0.2, -0.15) is 0 Å². The van der Waals surface area contributed by atoms with Crippen LogP contribution in [0, 0.1) is 6.92 Å². The fourth-order valence-corrected chi connectivity index (χ4v) is 2.41. The molecule has 0 aliphatic heterocycles. The first-order chi connectivity index (χ1) is 9.22. The summed E-state index contributed by atoms with van der Waals surface area (Å²) in [5, 5.41) is 0. The molecule has 3 nitrogen and oxygen atoms in total. The van der Waals surface area contributed by atoms with Crippen LogP contribution in [0.3, 0.4) is 0 Å². The molecule has 0 radical (unpaired) electrons. The van der Waals surface area contributed by atoms with Crippen LogP contribution < -0.4 is 5.73 Å². The highest BCUT2D eigenvalue weighted by atomic mass is 15.1. The Labute approximate surface area is 115 Å². The molecule has 0 amide bonds. The van der Waals surface area contributed by atoms with Crippen LogP contribution in [0.5, 0.6) is 0 Å². The van der Waals surface area contributed by atoms with E-state index in [0.717, 1.165) is 31.6 Å². The molecule has 1 aromatic heterocycles. The third-order valence-corrected chi connectivity index (χ3v) is 3.53. The minimum Gasteiger partial charge on any atom is -0.334 e. The first kappa shape index (κ1) is 13.8. The lowest BCUT2D eigenvalue weighted by Crippen LogP contribution is -2.17. The van der Waals surface area contributed by atoms with Crippen molar-refractivity contribution in [3.8, 4) is 0 Å². The Hall–Kier alpha value is -1.61. The first-order valence-corrected chi connectivity index (χ1v) is 7.03. The predicted molar refractivity (Wildman–Crippen MR) is 78.9 cm³/mol. The van der Waals surface area contributed by atoms with Gasteiger partial charge >= 0.3 is 0 Å². The molecule has 19 heavy (non-hydrogen) atoms. The van der Waals surface area contributed by atoms with Crippen molar-refractivity contribution >= 4 is 0 Å². The second-order valence-electron chi connectivity index (χ2n) is 5.05. The van der Waals surface area contributed by atoms with Gasteiger partial charge in [0.05, 0.1) is 6.04 Å². The summed E-state index contributed by atoms with van der Waals surface area (Å²) >= 11 is 0. The zero-order valence-electron chi connectivity index (χ0n) is 11.8. The molecule has 2 rings (SSSR count). The van der Waals surface area contributed by atoms with Crippen LogP contribution in [0.1, 0.15) is 42.8 Å². The molecule has 3 heteroatoms. The predicted octanol–water partition coefficient (Wildman–Crippen LogP) is 3.23. The van der Waals surface area contributed by atoms with E-state index in [1.807, 2.05) is 12.4 Å². The van der Waals surface area contributed by atoms with Crippen LogP contribution in [-0.4, -0.2) is 9.55 Å². The summed E-state index contributed by atoms with van der Waals surface area (Å²) in [5.41, 5.74) is 9.01. The number of imidazole rings is 1. The molecule has 2 aromatic rings.